The highest BCUT2D eigenvalue weighted by atomic mass is 32.1. The predicted molar refractivity (Wildman–Crippen MR) is 132 cm³/mol. The Hall–Kier alpha value is -2.75. The lowest BCUT2D eigenvalue weighted by Crippen LogP contribution is -2.36. The van der Waals surface area contributed by atoms with Gasteiger partial charge in [-0.05, 0) is 67.5 Å². The number of hydrogen-bond donors (Lipinski definition) is 3. The minimum atomic E-state index is -0.896. The first-order valence-electron chi connectivity index (χ1n) is 11.5. The second-order valence-electron chi connectivity index (χ2n) is 8.79. The summed E-state index contributed by atoms with van der Waals surface area (Å²) in [6.07, 6.45) is 0.846. The Balaban J connectivity index is 1.76. The van der Waals surface area contributed by atoms with E-state index in [2.05, 4.69) is 42.4 Å². The molecule has 184 valence electrons. The number of aliphatic hydroxyl groups is 2. The van der Waals surface area contributed by atoms with Gasteiger partial charge in [0.2, 0.25) is 11.8 Å². The molecule has 3 aromatic rings. The highest BCUT2D eigenvalue weighted by Crippen LogP contribution is 2.35. The van der Waals surface area contributed by atoms with E-state index in [9.17, 15) is 9.90 Å². The maximum atomic E-state index is 11.1. The SMILES string of the molecule is CCc1cc(-c2nnc(-c3cc(C)c(CC(C)C)s3)o2)cc(C)c1OCC(O)CNC(=O)CO. The first-order chi connectivity index (χ1) is 16.2. The zero-order valence-electron chi connectivity index (χ0n) is 20.3. The number of aliphatic hydroxyl groups excluding tert-OH is 2. The van der Waals surface area contributed by atoms with Crippen molar-refractivity contribution in [2.75, 3.05) is 19.8 Å². The molecule has 8 nitrogen and oxygen atoms in total. The van der Waals surface area contributed by atoms with E-state index in [1.165, 1.54) is 10.4 Å². The van der Waals surface area contributed by atoms with E-state index in [0.29, 0.717) is 29.9 Å². The molecule has 2 heterocycles. The number of ether oxygens (including phenoxy) is 1. The second-order valence-corrected chi connectivity index (χ2v) is 9.93. The van der Waals surface area contributed by atoms with Gasteiger partial charge in [0.1, 0.15) is 25.1 Å². The molecule has 0 saturated carbocycles. The van der Waals surface area contributed by atoms with Crippen LogP contribution in [0, 0.1) is 19.8 Å². The number of benzene rings is 1. The lowest BCUT2D eigenvalue weighted by atomic mass is 10.0. The summed E-state index contributed by atoms with van der Waals surface area (Å²) in [6, 6.07) is 5.99. The zero-order chi connectivity index (χ0) is 24.8. The maximum absolute atomic E-state index is 11.1. The highest BCUT2D eigenvalue weighted by molar-refractivity contribution is 7.15. The average molecular weight is 488 g/mol. The molecule has 0 aliphatic heterocycles. The van der Waals surface area contributed by atoms with Crippen molar-refractivity contribution in [3.63, 3.8) is 0 Å². The van der Waals surface area contributed by atoms with Gasteiger partial charge < -0.3 is 24.7 Å². The Morgan fingerprint density at radius 3 is 2.59 bits per heavy atom. The van der Waals surface area contributed by atoms with E-state index in [-0.39, 0.29) is 13.2 Å². The van der Waals surface area contributed by atoms with E-state index in [0.717, 1.165) is 28.0 Å². The van der Waals surface area contributed by atoms with Gasteiger partial charge >= 0.3 is 0 Å². The molecule has 3 rings (SSSR count). The summed E-state index contributed by atoms with van der Waals surface area (Å²) >= 11 is 1.70. The molecule has 0 spiro atoms. The molecule has 1 amide bonds. The molecule has 0 fully saturated rings. The molecule has 0 radical (unpaired) electrons. The van der Waals surface area contributed by atoms with Crippen LogP contribution >= 0.6 is 11.3 Å². The Labute approximate surface area is 204 Å². The molecule has 0 bridgehead atoms. The number of rotatable bonds is 11. The van der Waals surface area contributed by atoms with Crippen molar-refractivity contribution in [1.82, 2.24) is 15.5 Å². The predicted octanol–water partition coefficient (Wildman–Crippen LogP) is 3.69. The van der Waals surface area contributed by atoms with Crippen LogP contribution in [0.15, 0.2) is 22.6 Å². The van der Waals surface area contributed by atoms with Crippen LogP contribution in [0.5, 0.6) is 5.75 Å². The fourth-order valence-corrected chi connectivity index (χ4v) is 4.91. The van der Waals surface area contributed by atoms with Crippen molar-refractivity contribution in [3.05, 3.63) is 39.8 Å². The highest BCUT2D eigenvalue weighted by Gasteiger charge is 2.18. The zero-order valence-corrected chi connectivity index (χ0v) is 21.2. The van der Waals surface area contributed by atoms with Gasteiger partial charge in [-0.2, -0.15) is 0 Å². The standard InChI is InChI=1S/C25H33N3O5S/c1-6-17-10-18(8-16(5)23(17)32-13-19(30)11-26-22(31)12-29)24-27-28-25(33-24)21-9-15(4)20(34-21)7-14(2)3/h8-10,14,19,29-30H,6-7,11-13H2,1-5H3,(H,26,31). The monoisotopic (exact) mass is 487 g/mol. The topological polar surface area (TPSA) is 118 Å². The van der Waals surface area contributed by atoms with Crippen molar-refractivity contribution in [2.45, 2.75) is 53.6 Å². The number of aryl methyl sites for hydroxylation is 3. The minimum absolute atomic E-state index is 0.00379. The maximum Gasteiger partial charge on any atom is 0.258 e. The minimum Gasteiger partial charge on any atom is -0.490 e. The summed E-state index contributed by atoms with van der Waals surface area (Å²) in [5.74, 6) is 1.69. The van der Waals surface area contributed by atoms with Crippen molar-refractivity contribution < 1.29 is 24.2 Å². The molecular weight excluding hydrogens is 454 g/mol. The van der Waals surface area contributed by atoms with Crippen LogP contribution in [0.25, 0.3) is 22.2 Å². The van der Waals surface area contributed by atoms with Crippen LogP contribution in [0.1, 0.15) is 42.3 Å². The van der Waals surface area contributed by atoms with Gasteiger partial charge in [-0.1, -0.05) is 20.8 Å². The van der Waals surface area contributed by atoms with Gasteiger partial charge in [0.25, 0.3) is 5.89 Å². The van der Waals surface area contributed by atoms with Crippen molar-refractivity contribution in [1.29, 1.82) is 0 Å². The van der Waals surface area contributed by atoms with Gasteiger partial charge in [0, 0.05) is 17.0 Å². The number of thiophene rings is 1. The third-order valence-corrected chi connectivity index (χ3v) is 6.58. The summed E-state index contributed by atoms with van der Waals surface area (Å²) in [6.45, 7) is 9.88. The van der Waals surface area contributed by atoms with Gasteiger partial charge in [-0.25, -0.2) is 0 Å². The van der Waals surface area contributed by atoms with Gasteiger partial charge in [-0.15, -0.1) is 21.5 Å². The Morgan fingerprint density at radius 2 is 1.91 bits per heavy atom. The fraction of sp³-hybridized carbons (Fsp3) is 0.480. The van der Waals surface area contributed by atoms with E-state index < -0.39 is 18.6 Å². The van der Waals surface area contributed by atoms with Crippen LogP contribution in [0.2, 0.25) is 0 Å². The van der Waals surface area contributed by atoms with E-state index in [1.54, 1.807) is 11.3 Å². The molecule has 3 N–H and O–H groups in total. The molecule has 34 heavy (non-hydrogen) atoms. The van der Waals surface area contributed by atoms with Gasteiger partial charge in [0.15, 0.2) is 0 Å². The summed E-state index contributed by atoms with van der Waals surface area (Å²) < 4.78 is 11.9. The average Bonchev–Trinajstić information content (AvgIpc) is 3.43. The number of nitrogens with one attached hydrogen (secondary N) is 1. The number of carbonyl (C=O) groups is 1. The van der Waals surface area contributed by atoms with Crippen molar-refractivity contribution in [2.24, 2.45) is 5.92 Å². The normalized spacial score (nSPS) is 12.2. The van der Waals surface area contributed by atoms with Crippen LogP contribution in [0.3, 0.4) is 0 Å². The molecule has 0 aliphatic rings. The fourth-order valence-electron chi connectivity index (χ4n) is 3.60. The summed E-state index contributed by atoms with van der Waals surface area (Å²) in [5.41, 5.74) is 3.89. The van der Waals surface area contributed by atoms with Crippen LogP contribution in [-0.2, 0) is 17.6 Å². The number of carbonyl (C=O) groups excluding carboxylic acids is 1. The van der Waals surface area contributed by atoms with Crippen LogP contribution < -0.4 is 10.1 Å². The molecule has 9 heteroatoms. The summed E-state index contributed by atoms with van der Waals surface area (Å²) in [4.78, 5) is 13.5. The Bertz CT molecular complexity index is 1120. The lowest BCUT2D eigenvalue weighted by molar-refractivity contribution is -0.124. The molecular formula is C25H33N3O5S. The number of aromatic nitrogens is 2. The number of amides is 1. The first kappa shape index (κ1) is 25.9. The summed E-state index contributed by atoms with van der Waals surface area (Å²) in [7, 11) is 0. The van der Waals surface area contributed by atoms with Crippen LogP contribution in [0.4, 0.5) is 0 Å². The third-order valence-electron chi connectivity index (χ3n) is 5.33. The smallest absolute Gasteiger partial charge is 0.258 e. The van der Waals surface area contributed by atoms with Crippen molar-refractivity contribution in [3.8, 4) is 28.0 Å². The number of nitrogens with zero attached hydrogens (tertiary/aromatic N) is 2. The molecule has 1 unspecified atom stereocenters. The lowest BCUT2D eigenvalue weighted by Gasteiger charge is -2.17. The summed E-state index contributed by atoms with van der Waals surface area (Å²) in [5, 5.41) is 29.8. The van der Waals surface area contributed by atoms with Gasteiger partial charge in [-0.3, -0.25) is 4.79 Å². The van der Waals surface area contributed by atoms with E-state index in [1.807, 2.05) is 26.0 Å². The van der Waals surface area contributed by atoms with Crippen LogP contribution in [-0.4, -0.2) is 52.2 Å². The molecule has 1 aromatic carbocycles. The quantitative estimate of drug-likeness (QED) is 0.377. The van der Waals surface area contributed by atoms with Gasteiger partial charge in [0.05, 0.1) is 4.88 Å². The second kappa shape index (κ2) is 11.6. The molecule has 2 aromatic heterocycles. The Morgan fingerprint density at radius 1 is 1.18 bits per heavy atom. The Kier molecular flexibility index (Phi) is 8.82. The first-order valence-corrected chi connectivity index (χ1v) is 12.3. The third kappa shape index (κ3) is 6.43. The molecule has 1 atom stereocenters. The largest absolute Gasteiger partial charge is 0.490 e. The number of hydrogen-bond acceptors (Lipinski definition) is 8. The van der Waals surface area contributed by atoms with Crippen molar-refractivity contribution >= 4 is 17.2 Å². The van der Waals surface area contributed by atoms with E-state index in [4.69, 9.17) is 14.3 Å². The van der Waals surface area contributed by atoms with E-state index >= 15 is 0 Å². The molecule has 0 aliphatic carbocycles. The molecule has 0 saturated heterocycles.